The van der Waals surface area contributed by atoms with Gasteiger partial charge in [-0.15, -0.1) is 0 Å². The van der Waals surface area contributed by atoms with Crippen LogP contribution in [-0.4, -0.2) is 14.5 Å². The summed E-state index contributed by atoms with van der Waals surface area (Å²) >= 11 is 0. The van der Waals surface area contributed by atoms with Crippen LogP contribution in [0.15, 0.2) is 23.1 Å². The van der Waals surface area contributed by atoms with Crippen molar-refractivity contribution in [1.82, 2.24) is 4.72 Å². The molecule has 5 heteroatoms. The highest BCUT2D eigenvalue weighted by atomic mass is 32.2. The zero-order valence-electron chi connectivity index (χ0n) is 13.1. The van der Waals surface area contributed by atoms with Crippen molar-refractivity contribution in [3.8, 4) is 0 Å². The van der Waals surface area contributed by atoms with Crippen LogP contribution in [0.4, 0.5) is 0 Å². The quantitative estimate of drug-likeness (QED) is 0.877. The van der Waals surface area contributed by atoms with E-state index in [1.807, 2.05) is 19.1 Å². The molecule has 0 aliphatic heterocycles. The van der Waals surface area contributed by atoms with Gasteiger partial charge in [0.05, 0.1) is 4.90 Å². The van der Waals surface area contributed by atoms with Gasteiger partial charge >= 0.3 is 0 Å². The van der Waals surface area contributed by atoms with Crippen molar-refractivity contribution < 1.29 is 8.42 Å². The molecule has 0 spiro atoms. The summed E-state index contributed by atoms with van der Waals surface area (Å²) in [4.78, 5) is 0.389. The SMILES string of the molecule is CCc1ccc(CN)cc1S(=O)(=O)NC1CCC(C)C1C. The van der Waals surface area contributed by atoms with E-state index in [2.05, 4.69) is 18.6 Å². The first-order valence-corrected chi connectivity index (χ1v) is 9.21. The Bertz CT molecular complexity index is 598. The minimum Gasteiger partial charge on any atom is -0.326 e. The zero-order valence-corrected chi connectivity index (χ0v) is 13.9. The third-order valence-electron chi connectivity index (χ3n) is 4.81. The molecule has 21 heavy (non-hydrogen) atoms. The average molecular weight is 310 g/mol. The standard InChI is InChI=1S/C16H26N2O2S/c1-4-14-7-6-13(10-17)9-16(14)21(19,20)18-15-8-5-11(2)12(15)3/h6-7,9,11-12,15,18H,4-5,8,10,17H2,1-3H3. The third kappa shape index (κ3) is 3.47. The largest absolute Gasteiger partial charge is 0.326 e. The molecule has 2 rings (SSSR count). The summed E-state index contributed by atoms with van der Waals surface area (Å²) in [6, 6.07) is 5.52. The fraction of sp³-hybridized carbons (Fsp3) is 0.625. The number of sulfonamides is 1. The van der Waals surface area contributed by atoms with E-state index in [-0.39, 0.29) is 6.04 Å². The van der Waals surface area contributed by atoms with Gasteiger partial charge in [0.15, 0.2) is 0 Å². The Morgan fingerprint density at radius 3 is 2.52 bits per heavy atom. The highest BCUT2D eigenvalue weighted by Crippen LogP contribution is 2.32. The van der Waals surface area contributed by atoms with Crippen LogP contribution in [0.3, 0.4) is 0 Å². The van der Waals surface area contributed by atoms with Crippen molar-refractivity contribution in [2.45, 2.75) is 57.5 Å². The molecule has 1 aromatic rings. The molecule has 1 aromatic carbocycles. The maximum atomic E-state index is 12.7. The lowest BCUT2D eigenvalue weighted by Gasteiger charge is -2.21. The minimum atomic E-state index is -3.48. The van der Waals surface area contributed by atoms with Gasteiger partial charge < -0.3 is 5.73 Å². The Kier molecular flexibility index (Phi) is 5.07. The Morgan fingerprint density at radius 2 is 2.00 bits per heavy atom. The Labute approximate surface area is 128 Å². The van der Waals surface area contributed by atoms with Crippen molar-refractivity contribution in [3.05, 3.63) is 29.3 Å². The molecule has 1 aliphatic rings. The van der Waals surface area contributed by atoms with Gasteiger partial charge in [-0.25, -0.2) is 13.1 Å². The number of hydrogen-bond donors (Lipinski definition) is 2. The van der Waals surface area contributed by atoms with Crippen molar-refractivity contribution in [3.63, 3.8) is 0 Å². The normalized spacial score (nSPS) is 26.2. The third-order valence-corrected chi connectivity index (χ3v) is 6.38. The van der Waals surface area contributed by atoms with Crippen molar-refractivity contribution in [1.29, 1.82) is 0 Å². The molecular formula is C16H26N2O2S. The minimum absolute atomic E-state index is 0.0382. The number of nitrogens with one attached hydrogen (secondary N) is 1. The lowest BCUT2D eigenvalue weighted by Crippen LogP contribution is -2.37. The maximum absolute atomic E-state index is 12.7. The molecule has 1 aliphatic carbocycles. The van der Waals surface area contributed by atoms with Gasteiger partial charge in [0.25, 0.3) is 0 Å². The fourth-order valence-corrected chi connectivity index (χ4v) is 4.78. The molecule has 0 radical (unpaired) electrons. The predicted octanol–water partition coefficient (Wildman–Crippen LogP) is 2.42. The van der Waals surface area contributed by atoms with Crippen molar-refractivity contribution in [2.75, 3.05) is 0 Å². The van der Waals surface area contributed by atoms with E-state index >= 15 is 0 Å². The van der Waals surface area contributed by atoms with Crippen LogP contribution in [0.25, 0.3) is 0 Å². The van der Waals surface area contributed by atoms with Crippen LogP contribution in [-0.2, 0) is 23.0 Å². The second kappa shape index (κ2) is 6.46. The van der Waals surface area contributed by atoms with E-state index in [9.17, 15) is 8.42 Å². The molecule has 0 bridgehead atoms. The Balaban J connectivity index is 2.31. The van der Waals surface area contributed by atoms with E-state index in [4.69, 9.17) is 5.73 Å². The van der Waals surface area contributed by atoms with Gasteiger partial charge in [0, 0.05) is 12.6 Å². The molecule has 3 atom stereocenters. The lowest BCUT2D eigenvalue weighted by atomic mass is 9.98. The van der Waals surface area contributed by atoms with Crippen LogP contribution < -0.4 is 10.5 Å². The highest BCUT2D eigenvalue weighted by molar-refractivity contribution is 7.89. The van der Waals surface area contributed by atoms with Crippen LogP contribution >= 0.6 is 0 Å². The Morgan fingerprint density at radius 1 is 1.29 bits per heavy atom. The fourth-order valence-electron chi connectivity index (χ4n) is 3.06. The van der Waals surface area contributed by atoms with E-state index in [0.29, 0.717) is 29.7 Å². The van der Waals surface area contributed by atoms with E-state index in [1.165, 1.54) is 0 Å². The highest BCUT2D eigenvalue weighted by Gasteiger charge is 2.33. The number of hydrogen-bond acceptors (Lipinski definition) is 3. The van der Waals surface area contributed by atoms with Crippen molar-refractivity contribution >= 4 is 10.0 Å². The molecule has 1 fully saturated rings. The summed E-state index contributed by atoms with van der Waals surface area (Å²) in [6.45, 7) is 6.63. The molecule has 1 saturated carbocycles. The topological polar surface area (TPSA) is 72.2 Å². The number of benzene rings is 1. The summed E-state index contributed by atoms with van der Waals surface area (Å²) in [5, 5.41) is 0. The molecule has 3 N–H and O–H groups in total. The maximum Gasteiger partial charge on any atom is 0.241 e. The summed E-state index contributed by atoms with van der Waals surface area (Å²) in [6.07, 6.45) is 2.69. The summed E-state index contributed by atoms with van der Waals surface area (Å²) < 4.78 is 28.4. The summed E-state index contributed by atoms with van der Waals surface area (Å²) in [5.74, 6) is 0.946. The van der Waals surface area contributed by atoms with Gasteiger partial charge in [-0.2, -0.15) is 0 Å². The summed E-state index contributed by atoms with van der Waals surface area (Å²) in [5.41, 5.74) is 7.34. The average Bonchev–Trinajstić information content (AvgIpc) is 2.78. The van der Waals surface area contributed by atoms with Gasteiger partial charge in [-0.3, -0.25) is 0 Å². The van der Waals surface area contributed by atoms with Crippen LogP contribution in [0.5, 0.6) is 0 Å². The second-order valence-corrected chi connectivity index (χ2v) is 7.82. The molecule has 0 saturated heterocycles. The molecule has 118 valence electrons. The molecule has 0 heterocycles. The van der Waals surface area contributed by atoms with Crippen LogP contribution in [0.1, 0.15) is 44.7 Å². The van der Waals surface area contributed by atoms with Crippen LogP contribution in [0.2, 0.25) is 0 Å². The first kappa shape index (κ1) is 16.5. The first-order chi connectivity index (χ1) is 9.89. The van der Waals surface area contributed by atoms with Gasteiger partial charge in [-0.05, 0) is 48.3 Å². The van der Waals surface area contributed by atoms with Gasteiger partial charge in [-0.1, -0.05) is 32.9 Å². The smallest absolute Gasteiger partial charge is 0.241 e. The second-order valence-electron chi connectivity index (χ2n) is 6.14. The lowest BCUT2D eigenvalue weighted by molar-refractivity contribution is 0.402. The van der Waals surface area contributed by atoms with Crippen LogP contribution in [0, 0.1) is 11.8 Å². The number of nitrogens with two attached hydrogens (primary N) is 1. The van der Waals surface area contributed by atoms with E-state index < -0.39 is 10.0 Å². The van der Waals surface area contributed by atoms with E-state index in [0.717, 1.165) is 24.0 Å². The molecular weight excluding hydrogens is 284 g/mol. The first-order valence-electron chi connectivity index (χ1n) is 7.73. The molecule has 0 amide bonds. The van der Waals surface area contributed by atoms with Gasteiger partial charge in [0.2, 0.25) is 10.0 Å². The zero-order chi connectivity index (χ0) is 15.6. The number of aryl methyl sites for hydroxylation is 1. The monoisotopic (exact) mass is 310 g/mol. The molecule has 0 aromatic heterocycles. The summed E-state index contributed by atoms with van der Waals surface area (Å²) in [7, 11) is -3.48. The van der Waals surface area contributed by atoms with Gasteiger partial charge in [0.1, 0.15) is 0 Å². The molecule has 4 nitrogen and oxygen atoms in total. The predicted molar refractivity (Wildman–Crippen MR) is 85.4 cm³/mol. The van der Waals surface area contributed by atoms with Crippen molar-refractivity contribution in [2.24, 2.45) is 17.6 Å². The number of rotatable bonds is 5. The van der Waals surface area contributed by atoms with E-state index in [1.54, 1.807) is 6.07 Å². The Hall–Kier alpha value is -0.910. The molecule has 3 unspecified atom stereocenters.